The number of hydrogen-bond acceptors (Lipinski definition) is 4. The van der Waals surface area contributed by atoms with Gasteiger partial charge in [0.2, 0.25) is 5.88 Å². The molecule has 0 bridgehead atoms. The number of aromatic nitrogens is 1. The summed E-state index contributed by atoms with van der Waals surface area (Å²) in [5.74, 6) is -0.0728. The molecule has 1 aromatic heterocycles. The molecule has 1 aliphatic carbocycles. The highest BCUT2D eigenvalue weighted by Crippen LogP contribution is 2.32. The second-order valence-corrected chi connectivity index (χ2v) is 8.15. The van der Waals surface area contributed by atoms with Gasteiger partial charge in [-0.2, -0.15) is 13.2 Å². The van der Waals surface area contributed by atoms with Gasteiger partial charge in [0, 0.05) is 41.1 Å². The van der Waals surface area contributed by atoms with Gasteiger partial charge < -0.3 is 4.74 Å². The maximum atomic E-state index is 12.7. The average Bonchev–Trinajstić information content (AvgIpc) is 2.73. The fourth-order valence-electron chi connectivity index (χ4n) is 3.72. The van der Waals surface area contributed by atoms with Gasteiger partial charge in [-0.15, -0.1) is 0 Å². The molecule has 0 radical (unpaired) electrons. The minimum absolute atomic E-state index is 0.0300. The molecule has 0 aliphatic heterocycles. The molecule has 3 rings (SSSR count). The molecule has 1 fully saturated rings. The maximum Gasteiger partial charge on any atom is 0.422 e. The van der Waals surface area contributed by atoms with Crippen LogP contribution in [0.3, 0.4) is 0 Å². The molecular formula is C23H23ClF3NO3. The van der Waals surface area contributed by atoms with Crippen LogP contribution in [-0.2, 0) is 4.79 Å². The molecule has 2 aromatic rings. The highest BCUT2D eigenvalue weighted by molar-refractivity contribution is 6.30. The number of ketones is 2. The minimum atomic E-state index is -4.51. The van der Waals surface area contributed by atoms with E-state index in [4.69, 9.17) is 16.3 Å². The van der Waals surface area contributed by atoms with Gasteiger partial charge in [-0.05, 0) is 49.4 Å². The Labute approximate surface area is 183 Å². The summed E-state index contributed by atoms with van der Waals surface area (Å²) in [5, 5.41) is 0.471. The first kappa shape index (κ1) is 23.3. The van der Waals surface area contributed by atoms with E-state index in [-0.39, 0.29) is 35.3 Å². The molecule has 31 heavy (non-hydrogen) atoms. The quantitative estimate of drug-likeness (QED) is 0.431. The van der Waals surface area contributed by atoms with Crippen LogP contribution >= 0.6 is 11.6 Å². The predicted octanol–water partition coefficient (Wildman–Crippen LogP) is 6.46. The van der Waals surface area contributed by atoms with Crippen molar-refractivity contribution in [3.05, 3.63) is 47.1 Å². The molecule has 0 saturated heterocycles. The summed E-state index contributed by atoms with van der Waals surface area (Å²) in [6.45, 7) is -1.48. The van der Waals surface area contributed by atoms with E-state index in [1.165, 1.54) is 12.3 Å². The van der Waals surface area contributed by atoms with Crippen LogP contribution in [0.25, 0.3) is 11.1 Å². The van der Waals surface area contributed by atoms with Crippen LogP contribution in [0, 0.1) is 5.92 Å². The molecule has 0 spiro atoms. The van der Waals surface area contributed by atoms with Gasteiger partial charge in [0.15, 0.2) is 12.4 Å². The van der Waals surface area contributed by atoms with Crippen LogP contribution in [0.4, 0.5) is 13.2 Å². The summed E-state index contributed by atoms with van der Waals surface area (Å²) < 4.78 is 42.7. The van der Waals surface area contributed by atoms with Gasteiger partial charge >= 0.3 is 6.18 Å². The zero-order chi connectivity index (χ0) is 22.4. The van der Waals surface area contributed by atoms with Crippen LogP contribution in [-0.4, -0.2) is 29.3 Å². The number of ether oxygens (including phenoxy) is 1. The van der Waals surface area contributed by atoms with E-state index in [1.807, 2.05) is 0 Å². The van der Waals surface area contributed by atoms with Gasteiger partial charge in [0.1, 0.15) is 5.78 Å². The summed E-state index contributed by atoms with van der Waals surface area (Å²) in [4.78, 5) is 28.6. The first-order valence-corrected chi connectivity index (χ1v) is 10.6. The first-order chi connectivity index (χ1) is 14.7. The Balaban J connectivity index is 1.74. The molecular weight excluding hydrogens is 431 g/mol. The van der Waals surface area contributed by atoms with E-state index in [0.717, 1.165) is 19.3 Å². The maximum absolute atomic E-state index is 12.7. The van der Waals surface area contributed by atoms with Crippen molar-refractivity contribution in [1.29, 1.82) is 0 Å². The van der Waals surface area contributed by atoms with Crippen LogP contribution in [0.15, 0.2) is 36.5 Å². The SMILES string of the molecule is O=C(CCCC1CCCCC1=O)c1cnc(OCC(F)(F)F)c(-c2ccc(Cl)cc2)c1. The van der Waals surface area contributed by atoms with E-state index in [1.54, 1.807) is 24.3 Å². The largest absolute Gasteiger partial charge is 0.468 e. The second kappa shape index (κ2) is 10.3. The molecule has 1 unspecified atom stereocenters. The molecule has 4 nitrogen and oxygen atoms in total. The highest BCUT2D eigenvalue weighted by atomic mass is 35.5. The number of alkyl halides is 3. The molecule has 1 aromatic carbocycles. The molecule has 1 heterocycles. The number of Topliss-reactive ketones (excluding diaryl/α,β-unsaturated/α-hetero) is 2. The van der Waals surface area contributed by atoms with Crippen molar-refractivity contribution in [3.63, 3.8) is 0 Å². The molecule has 1 saturated carbocycles. The first-order valence-electron chi connectivity index (χ1n) is 10.2. The molecule has 1 aliphatic rings. The topological polar surface area (TPSA) is 56.3 Å². The number of rotatable bonds is 8. The standard InChI is InChI=1S/C23H23ClF3NO3/c24-18-10-8-15(9-11-18)19-12-17(13-28-22(19)31-14-23(25,26)27)21(30)7-3-5-16-4-1-2-6-20(16)29/h8-13,16H,1-7,14H2. The fourth-order valence-corrected chi connectivity index (χ4v) is 3.85. The molecule has 0 N–H and O–H groups in total. The lowest BCUT2D eigenvalue weighted by Crippen LogP contribution is -2.20. The van der Waals surface area contributed by atoms with E-state index in [2.05, 4.69) is 4.98 Å². The molecule has 8 heteroatoms. The van der Waals surface area contributed by atoms with Crippen molar-refractivity contribution in [3.8, 4) is 17.0 Å². The van der Waals surface area contributed by atoms with Gasteiger partial charge in [-0.1, -0.05) is 30.2 Å². The minimum Gasteiger partial charge on any atom is -0.468 e. The van der Waals surface area contributed by atoms with E-state index < -0.39 is 12.8 Å². The summed E-state index contributed by atoms with van der Waals surface area (Å²) in [6.07, 6.45) is 1.70. The summed E-state index contributed by atoms with van der Waals surface area (Å²) in [6, 6.07) is 7.95. The van der Waals surface area contributed by atoms with Crippen molar-refractivity contribution in [2.45, 2.75) is 51.1 Å². The Morgan fingerprint density at radius 1 is 1.19 bits per heavy atom. The van der Waals surface area contributed by atoms with E-state index >= 15 is 0 Å². The smallest absolute Gasteiger partial charge is 0.422 e. The van der Waals surface area contributed by atoms with Crippen molar-refractivity contribution in [2.24, 2.45) is 5.92 Å². The normalized spacial score (nSPS) is 16.9. The van der Waals surface area contributed by atoms with E-state index in [9.17, 15) is 22.8 Å². The van der Waals surface area contributed by atoms with Crippen LogP contribution in [0.2, 0.25) is 5.02 Å². The Kier molecular flexibility index (Phi) is 7.70. The second-order valence-electron chi connectivity index (χ2n) is 7.71. The Morgan fingerprint density at radius 3 is 2.61 bits per heavy atom. The summed E-state index contributed by atoms with van der Waals surface area (Å²) in [5.41, 5.74) is 1.12. The lowest BCUT2D eigenvalue weighted by atomic mass is 9.84. The Morgan fingerprint density at radius 2 is 1.94 bits per heavy atom. The third-order valence-electron chi connectivity index (χ3n) is 5.34. The molecule has 1 atom stereocenters. The van der Waals surface area contributed by atoms with Crippen molar-refractivity contribution in [1.82, 2.24) is 4.98 Å². The number of nitrogens with zero attached hydrogens (tertiary/aromatic N) is 1. The van der Waals surface area contributed by atoms with Gasteiger partial charge in [-0.25, -0.2) is 4.98 Å². The lowest BCUT2D eigenvalue weighted by Gasteiger charge is -2.20. The van der Waals surface area contributed by atoms with Crippen LogP contribution in [0.5, 0.6) is 5.88 Å². The summed E-state index contributed by atoms with van der Waals surface area (Å²) in [7, 11) is 0. The van der Waals surface area contributed by atoms with Crippen LogP contribution in [0.1, 0.15) is 55.3 Å². The Bertz CT molecular complexity index is 929. The number of benzene rings is 1. The van der Waals surface area contributed by atoms with Crippen molar-refractivity contribution >= 4 is 23.2 Å². The lowest BCUT2D eigenvalue weighted by molar-refractivity contribution is -0.154. The van der Waals surface area contributed by atoms with Gasteiger partial charge in [0.05, 0.1) is 0 Å². The number of carbonyl (C=O) groups excluding carboxylic acids is 2. The van der Waals surface area contributed by atoms with Gasteiger partial charge in [0.25, 0.3) is 0 Å². The molecule has 166 valence electrons. The predicted molar refractivity (Wildman–Crippen MR) is 111 cm³/mol. The third-order valence-corrected chi connectivity index (χ3v) is 5.59. The molecule has 0 amide bonds. The van der Waals surface area contributed by atoms with E-state index in [0.29, 0.717) is 35.4 Å². The third kappa shape index (κ3) is 6.79. The number of pyridine rings is 1. The monoisotopic (exact) mass is 453 g/mol. The number of halogens is 4. The van der Waals surface area contributed by atoms with Crippen molar-refractivity contribution in [2.75, 3.05) is 6.61 Å². The van der Waals surface area contributed by atoms with Gasteiger partial charge in [-0.3, -0.25) is 9.59 Å². The zero-order valence-electron chi connectivity index (χ0n) is 16.9. The summed E-state index contributed by atoms with van der Waals surface area (Å²) >= 11 is 5.90. The van der Waals surface area contributed by atoms with Crippen LogP contribution < -0.4 is 4.74 Å². The van der Waals surface area contributed by atoms with Crippen molar-refractivity contribution < 1.29 is 27.5 Å². The zero-order valence-corrected chi connectivity index (χ0v) is 17.6. The number of carbonyl (C=O) groups is 2. The fraction of sp³-hybridized carbons (Fsp3) is 0.435. The highest BCUT2D eigenvalue weighted by Gasteiger charge is 2.29. The average molecular weight is 454 g/mol. The number of hydrogen-bond donors (Lipinski definition) is 0. The Hall–Kier alpha value is -2.41.